The van der Waals surface area contributed by atoms with Gasteiger partial charge in [-0.05, 0) is 35.2 Å². The second kappa shape index (κ2) is 10.0. The van der Waals surface area contributed by atoms with Gasteiger partial charge in [-0.2, -0.15) is 0 Å². The van der Waals surface area contributed by atoms with Gasteiger partial charge in [0.2, 0.25) is 5.91 Å². The SMILES string of the molecule is CC(C)(C)c1ccc(C(=O)NN2CC(C(=O)OCC(=O)Nc3ccccc3Cl)CC2=O)cc1. The lowest BCUT2D eigenvalue weighted by molar-refractivity contribution is -0.151. The molecule has 1 heterocycles. The Hall–Kier alpha value is -3.39. The summed E-state index contributed by atoms with van der Waals surface area (Å²) in [6, 6.07) is 13.8. The molecule has 1 fully saturated rings. The third kappa shape index (κ3) is 6.32. The van der Waals surface area contributed by atoms with Crippen molar-refractivity contribution in [3.8, 4) is 0 Å². The molecule has 2 aromatic carbocycles. The van der Waals surface area contributed by atoms with Crippen LogP contribution in [0, 0.1) is 5.92 Å². The lowest BCUT2D eigenvalue weighted by Gasteiger charge is -2.20. The summed E-state index contributed by atoms with van der Waals surface area (Å²) in [5.74, 6) is -2.88. The minimum atomic E-state index is -0.783. The van der Waals surface area contributed by atoms with E-state index >= 15 is 0 Å². The Morgan fingerprint density at radius 3 is 2.39 bits per heavy atom. The van der Waals surface area contributed by atoms with E-state index in [-0.39, 0.29) is 18.4 Å². The summed E-state index contributed by atoms with van der Waals surface area (Å²) in [6.45, 7) is 5.68. The van der Waals surface area contributed by atoms with Crippen molar-refractivity contribution in [3.63, 3.8) is 0 Å². The first-order chi connectivity index (χ1) is 15.5. The molecule has 174 valence electrons. The smallest absolute Gasteiger partial charge is 0.311 e. The van der Waals surface area contributed by atoms with Crippen molar-refractivity contribution in [1.29, 1.82) is 0 Å². The van der Waals surface area contributed by atoms with Crippen LogP contribution >= 0.6 is 11.6 Å². The number of carbonyl (C=O) groups excluding carboxylic acids is 4. The summed E-state index contributed by atoms with van der Waals surface area (Å²) in [6.07, 6.45) is -0.117. The number of nitrogens with one attached hydrogen (secondary N) is 2. The monoisotopic (exact) mass is 471 g/mol. The Morgan fingerprint density at radius 1 is 1.09 bits per heavy atom. The van der Waals surface area contributed by atoms with Crippen LogP contribution < -0.4 is 10.7 Å². The molecule has 3 amide bonds. The highest BCUT2D eigenvalue weighted by atomic mass is 35.5. The van der Waals surface area contributed by atoms with Gasteiger partial charge in [0.15, 0.2) is 6.61 Å². The van der Waals surface area contributed by atoms with Crippen LogP contribution in [-0.4, -0.2) is 41.9 Å². The molecule has 2 N–H and O–H groups in total. The molecular weight excluding hydrogens is 446 g/mol. The van der Waals surface area contributed by atoms with E-state index in [0.717, 1.165) is 10.6 Å². The Labute approximate surface area is 197 Å². The number of hydrazine groups is 1. The number of benzene rings is 2. The summed E-state index contributed by atoms with van der Waals surface area (Å²) in [4.78, 5) is 49.1. The van der Waals surface area contributed by atoms with Gasteiger partial charge in [-0.25, -0.2) is 0 Å². The summed E-state index contributed by atoms with van der Waals surface area (Å²) >= 11 is 5.98. The minimum Gasteiger partial charge on any atom is -0.455 e. The summed E-state index contributed by atoms with van der Waals surface area (Å²) < 4.78 is 5.05. The Morgan fingerprint density at radius 2 is 1.76 bits per heavy atom. The molecule has 0 radical (unpaired) electrons. The Balaban J connectivity index is 1.50. The zero-order valence-corrected chi connectivity index (χ0v) is 19.4. The van der Waals surface area contributed by atoms with Crippen LogP contribution in [0.3, 0.4) is 0 Å². The standard InChI is InChI=1S/C24H26ClN3O5/c1-24(2,3)17-10-8-15(9-11-17)22(31)27-28-13-16(12-21(28)30)23(32)33-14-20(29)26-19-7-5-4-6-18(19)25/h4-11,16H,12-14H2,1-3H3,(H,26,29)(H,27,31). The molecule has 0 aliphatic carbocycles. The van der Waals surface area contributed by atoms with Gasteiger partial charge in [-0.1, -0.05) is 56.6 Å². The van der Waals surface area contributed by atoms with Crippen molar-refractivity contribution in [2.24, 2.45) is 5.92 Å². The number of ether oxygens (including phenoxy) is 1. The highest BCUT2D eigenvalue weighted by Crippen LogP contribution is 2.23. The predicted octanol–water partition coefficient (Wildman–Crippen LogP) is 3.31. The molecule has 0 bridgehead atoms. The van der Waals surface area contributed by atoms with Gasteiger partial charge in [0.1, 0.15) is 0 Å². The quantitative estimate of drug-likeness (QED) is 0.629. The zero-order valence-electron chi connectivity index (χ0n) is 18.7. The first-order valence-corrected chi connectivity index (χ1v) is 10.9. The molecule has 2 aromatic rings. The van der Waals surface area contributed by atoms with E-state index in [9.17, 15) is 19.2 Å². The first-order valence-electron chi connectivity index (χ1n) is 10.5. The molecule has 1 aliphatic rings. The van der Waals surface area contributed by atoms with Crippen molar-refractivity contribution < 1.29 is 23.9 Å². The van der Waals surface area contributed by atoms with Crippen LogP contribution in [0.5, 0.6) is 0 Å². The fraction of sp³-hybridized carbons (Fsp3) is 0.333. The largest absolute Gasteiger partial charge is 0.455 e. The first kappa shape index (κ1) is 24.3. The molecule has 0 saturated carbocycles. The van der Waals surface area contributed by atoms with E-state index in [4.69, 9.17) is 16.3 Å². The van der Waals surface area contributed by atoms with Crippen molar-refractivity contribution >= 4 is 41.0 Å². The molecule has 0 aromatic heterocycles. The summed E-state index contributed by atoms with van der Waals surface area (Å²) in [5, 5.41) is 4.01. The molecule has 1 unspecified atom stereocenters. The Kier molecular flexibility index (Phi) is 7.38. The summed E-state index contributed by atoms with van der Waals surface area (Å²) in [5.41, 5.74) is 4.38. The molecule has 1 aliphatic heterocycles. The zero-order chi connectivity index (χ0) is 24.2. The van der Waals surface area contributed by atoms with Gasteiger partial charge in [0.25, 0.3) is 11.8 Å². The maximum absolute atomic E-state index is 12.5. The molecule has 3 rings (SSSR count). The fourth-order valence-electron chi connectivity index (χ4n) is 3.29. The maximum atomic E-state index is 12.5. The number of hydrogen-bond acceptors (Lipinski definition) is 5. The van der Waals surface area contributed by atoms with Crippen LogP contribution in [0.25, 0.3) is 0 Å². The molecular formula is C24H26ClN3O5. The molecule has 8 nitrogen and oxygen atoms in total. The van der Waals surface area contributed by atoms with Crippen molar-refractivity contribution in [2.75, 3.05) is 18.5 Å². The lowest BCUT2D eigenvalue weighted by Crippen LogP contribution is -2.43. The van der Waals surface area contributed by atoms with Crippen molar-refractivity contribution in [2.45, 2.75) is 32.6 Å². The van der Waals surface area contributed by atoms with E-state index in [0.29, 0.717) is 16.3 Å². The number of anilines is 1. The number of carbonyl (C=O) groups is 4. The number of rotatable bonds is 6. The molecule has 0 spiro atoms. The molecule has 33 heavy (non-hydrogen) atoms. The average molecular weight is 472 g/mol. The van der Waals surface area contributed by atoms with E-state index in [2.05, 4.69) is 31.5 Å². The third-order valence-corrected chi connectivity index (χ3v) is 5.53. The number of amides is 3. The highest BCUT2D eigenvalue weighted by molar-refractivity contribution is 6.33. The van der Waals surface area contributed by atoms with Gasteiger partial charge < -0.3 is 10.1 Å². The summed E-state index contributed by atoms with van der Waals surface area (Å²) in [7, 11) is 0. The van der Waals surface area contributed by atoms with Gasteiger partial charge in [0, 0.05) is 12.0 Å². The third-order valence-electron chi connectivity index (χ3n) is 5.20. The number of hydrogen-bond donors (Lipinski definition) is 2. The second-order valence-corrected chi connectivity index (χ2v) is 9.22. The molecule has 1 saturated heterocycles. The van der Waals surface area contributed by atoms with Crippen LogP contribution in [-0.2, 0) is 24.5 Å². The van der Waals surface area contributed by atoms with E-state index < -0.39 is 36.2 Å². The van der Waals surface area contributed by atoms with Crippen LogP contribution in [0.4, 0.5) is 5.69 Å². The van der Waals surface area contributed by atoms with Gasteiger partial charge in [-0.3, -0.25) is 29.6 Å². The lowest BCUT2D eigenvalue weighted by atomic mass is 9.87. The average Bonchev–Trinajstić information content (AvgIpc) is 3.13. The van der Waals surface area contributed by atoms with Gasteiger partial charge in [0.05, 0.1) is 23.2 Å². The number of halogens is 1. The fourth-order valence-corrected chi connectivity index (χ4v) is 3.47. The predicted molar refractivity (Wildman–Crippen MR) is 123 cm³/mol. The minimum absolute atomic E-state index is 0.0321. The van der Waals surface area contributed by atoms with E-state index in [1.54, 1.807) is 36.4 Å². The topological polar surface area (TPSA) is 105 Å². The maximum Gasteiger partial charge on any atom is 0.311 e. The number of para-hydroxylation sites is 1. The van der Waals surface area contributed by atoms with Crippen LogP contribution in [0.1, 0.15) is 43.1 Å². The van der Waals surface area contributed by atoms with Crippen molar-refractivity contribution in [3.05, 3.63) is 64.7 Å². The molecule has 1 atom stereocenters. The number of esters is 1. The highest BCUT2D eigenvalue weighted by Gasteiger charge is 2.36. The normalized spacial score (nSPS) is 15.8. The number of nitrogens with zero attached hydrogens (tertiary/aromatic N) is 1. The van der Waals surface area contributed by atoms with Gasteiger partial charge in [-0.15, -0.1) is 0 Å². The van der Waals surface area contributed by atoms with Gasteiger partial charge >= 0.3 is 5.97 Å². The van der Waals surface area contributed by atoms with Crippen LogP contribution in [0.2, 0.25) is 5.02 Å². The Bertz CT molecular complexity index is 1060. The van der Waals surface area contributed by atoms with Crippen molar-refractivity contribution in [1.82, 2.24) is 10.4 Å². The van der Waals surface area contributed by atoms with Crippen LogP contribution in [0.15, 0.2) is 48.5 Å². The van der Waals surface area contributed by atoms with E-state index in [1.807, 2.05) is 12.1 Å². The molecule has 9 heteroatoms. The second-order valence-electron chi connectivity index (χ2n) is 8.81. The van der Waals surface area contributed by atoms with E-state index in [1.165, 1.54) is 0 Å².